The van der Waals surface area contributed by atoms with Crippen molar-refractivity contribution in [2.75, 3.05) is 47.3 Å². The molecule has 0 amide bonds. The first-order valence-corrected chi connectivity index (χ1v) is 5.11. The standard InChI is InChI=1S/C10H23N2/c1-11(2)7-6-10-12(3)8-4-5-9-12/h4-10H2,1-3H3/q+1. The average molecular weight is 171 g/mol. The molecule has 0 aromatic heterocycles. The zero-order chi connectivity index (χ0) is 9.03. The molecular weight excluding hydrogens is 148 g/mol. The summed E-state index contributed by atoms with van der Waals surface area (Å²) in [5.41, 5.74) is 0. The van der Waals surface area contributed by atoms with Crippen molar-refractivity contribution < 1.29 is 4.48 Å². The van der Waals surface area contributed by atoms with Crippen LogP contribution in [-0.2, 0) is 0 Å². The third-order valence-corrected chi connectivity index (χ3v) is 2.95. The summed E-state index contributed by atoms with van der Waals surface area (Å²) in [5, 5.41) is 0. The van der Waals surface area contributed by atoms with Gasteiger partial charge in [0.2, 0.25) is 0 Å². The third kappa shape index (κ3) is 3.11. The van der Waals surface area contributed by atoms with Gasteiger partial charge >= 0.3 is 0 Å². The van der Waals surface area contributed by atoms with Gasteiger partial charge < -0.3 is 9.38 Å². The Morgan fingerprint density at radius 2 is 1.75 bits per heavy atom. The minimum Gasteiger partial charge on any atom is -0.326 e. The predicted octanol–water partition coefficient (Wildman–Crippen LogP) is 1.18. The first-order chi connectivity index (χ1) is 5.62. The Morgan fingerprint density at radius 1 is 1.17 bits per heavy atom. The van der Waals surface area contributed by atoms with E-state index in [-0.39, 0.29) is 0 Å². The topological polar surface area (TPSA) is 3.24 Å². The quantitative estimate of drug-likeness (QED) is 0.574. The normalized spacial score (nSPS) is 22.0. The van der Waals surface area contributed by atoms with E-state index in [1.165, 1.54) is 49.9 Å². The fourth-order valence-electron chi connectivity index (χ4n) is 2.09. The van der Waals surface area contributed by atoms with Gasteiger partial charge in [-0.2, -0.15) is 0 Å². The van der Waals surface area contributed by atoms with Crippen LogP contribution in [0, 0.1) is 0 Å². The maximum Gasteiger partial charge on any atom is 0.0796 e. The highest BCUT2D eigenvalue weighted by Gasteiger charge is 2.25. The second-order valence-corrected chi connectivity index (χ2v) is 4.65. The van der Waals surface area contributed by atoms with Crippen LogP contribution < -0.4 is 0 Å². The van der Waals surface area contributed by atoms with Crippen molar-refractivity contribution in [2.24, 2.45) is 0 Å². The van der Waals surface area contributed by atoms with E-state index in [4.69, 9.17) is 0 Å². The Hall–Kier alpha value is -0.0800. The molecule has 1 saturated heterocycles. The fraction of sp³-hybridized carbons (Fsp3) is 1.00. The van der Waals surface area contributed by atoms with Crippen LogP contribution in [-0.4, -0.2) is 56.7 Å². The summed E-state index contributed by atoms with van der Waals surface area (Å²) in [4.78, 5) is 2.28. The molecule has 0 aromatic carbocycles. The molecule has 0 saturated carbocycles. The van der Waals surface area contributed by atoms with E-state index in [9.17, 15) is 0 Å². The van der Waals surface area contributed by atoms with Crippen LogP contribution in [0.1, 0.15) is 19.3 Å². The van der Waals surface area contributed by atoms with E-state index in [0.717, 1.165) is 0 Å². The summed E-state index contributed by atoms with van der Waals surface area (Å²) < 4.78 is 1.33. The van der Waals surface area contributed by atoms with Crippen LogP contribution in [0.15, 0.2) is 0 Å². The Balaban J connectivity index is 2.13. The minimum atomic E-state index is 1.24. The highest BCUT2D eigenvalue weighted by Crippen LogP contribution is 2.16. The average Bonchev–Trinajstić information content (AvgIpc) is 2.35. The van der Waals surface area contributed by atoms with E-state index in [0.29, 0.717) is 0 Å². The minimum absolute atomic E-state index is 1.24. The smallest absolute Gasteiger partial charge is 0.0796 e. The summed E-state index contributed by atoms with van der Waals surface area (Å²) in [5.74, 6) is 0. The Labute approximate surface area is 76.7 Å². The molecule has 2 nitrogen and oxygen atoms in total. The molecule has 1 heterocycles. The summed E-state index contributed by atoms with van der Waals surface area (Å²) >= 11 is 0. The largest absolute Gasteiger partial charge is 0.326 e. The molecule has 0 radical (unpaired) electrons. The first-order valence-electron chi connectivity index (χ1n) is 5.11. The maximum absolute atomic E-state index is 2.41. The molecule has 12 heavy (non-hydrogen) atoms. The number of quaternary nitrogens is 1. The Morgan fingerprint density at radius 3 is 2.25 bits per heavy atom. The van der Waals surface area contributed by atoms with Crippen molar-refractivity contribution in [3.63, 3.8) is 0 Å². The van der Waals surface area contributed by atoms with Crippen LogP contribution in [0.25, 0.3) is 0 Å². The molecule has 0 spiro atoms. The molecule has 0 aliphatic carbocycles. The fourth-order valence-corrected chi connectivity index (χ4v) is 2.09. The Kier molecular flexibility index (Phi) is 3.53. The van der Waals surface area contributed by atoms with Crippen LogP contribution >= 0.6 is 0 Å². The molecule has 72 valence electrons. The lowest BCUT2D eigenvalue weighted by atomic mass is 10.3. The van der Waals surface area contributed by atoms with Crippen LogP contribution in [0.2, 0.25) is 0 Å². The molecule has 1 fully saturated rings. The van der Waals surface area contributed by atoms with Gasteiger partial charge in [-0.15, -0.1) is 0 Å². The number of hydrogen-bond acceptors (Lipinski definition) is 1. The third-order valence-electron chi connectivity index (χ3n) is 2.95. The van der Waals surface area contributed by atoms with Crippen molar-refractivity contribution in [2.45, 2.75) is 19.3 Å². The molecule has 1 aliphatic rings. The zero-order valence-corrected chi connectivity index (χ0v) is 8.84. The number of hydrogen-bond donors (Lipinski definition) is 0. The molecule has 0 aromatic rings. The van der Waals surface area contributed by atoms with Gasteiger partial charge in [0.05, 0.1) is 26.7 Å². The molecule has 0 atom stereocenters. The van der Waals surface area contributed by atoms with Gasteiger partial charge in [-0.3, -0.25) is 0 Å². The predicted molar refractivity (Wildman–Crippen MR) is 53.2 cm³/mol. The zero-order valence-electron chi connectivity index (χ0n) is 8.84. The van der Waals surface area contributed by atoms with Gasteiger partial charge in [-0.05, 0) is 14.1 Å². The highest BCUT2D eigenvalue weighted by atomic mass is 15.3. The van der Waals surface area contributed by atoms with Crippen molar-refractivity contribution in [3.05, 3.63) is 0 Å². The molecule has 0 N–H and O–H groups in total. The van der Waals surface area contributed by atoms with Crippen molar-refractivity contribution in [1.82, 2.24) is 4.90 Å². The van der Waals surface area contributed by atoms with E-state index in [1.807, 2.05) is 0 Å². The molecular formula is C10H23N2+. The lowest BCUT2D eigenvalue weighted by Gasteiger charge is -2.29. The van der Waals surface area contributed by atoms with Crippen LogP contribution in [0.3, 0.4) is 0 Å². The van der Waals surface area contributed by atoms with Gasteiger partial charge in [0.15, 0.2) is 0 Å². The van der Waals surface area contributed by atoms with Crippen molar-refractivity contribution >= 4 is 0 Å². The molecule has 0 unspecified atom stereocenters. The van der Waals surface area contributed by atoms with Crippen LogP contribution in [0.5, 0.6) is 0 Å². The number of nitrogens with zero attached hydrogens (tertiary/aromatic N) is 2. The SMILES string of the molecule is CN(C)CCC[N+]1(C)CCCC1. The number of likely N-dealkylation sites (tertiary alicyclic amines) is 1. The summed E-state index contributed by atoms with van der Waals surface area (Å²) in [6, 6.07) is 0. The molecule has 0 bridgehead atoms. The van der Waals surface area contributed by atoms with E-state index >= 15 is 0 Å². The summed E-state index contributed by atoms with van der Waals surface area (Å²) in [6.45, 7) is 5.44. The molecule has 1 rings (SSSR count). The molecule has 1 aliphatic heterocycles. The van der Waals surface area contributed by atoms with Gasteiger partial charge in [-0.25, -0.2) is 0 Å². The van der Waals surface area contributed by atoms with Crippen molar-refractivity contribution in [3.8, 4) is 0 Å². The van der Waals surface area contributed by atoms with E-state index in [1.54, 1.807) is 0 Å². The Bertz CT molecular complexity index is 126. The van der Waals surface area contributed by atoms with E-state index < -0.39 is 0 Å². The monoisotopic (exact) mass is 171 g/mol. The summed E-state index contributed by atoms with van der Waals surface area (Å²) in [7, 11) is 6.72. The van der Waals surface area contributed by atoms with Crippen molar-refractivity contribution in [1.29, 1.82) is 0 Å². The maximum atomic E-state index is 2.41. The summed E-state index contributed by atoms with van der Waals surface area (Å²) in [6.07, 6.45) is 4.24. The number of rotatable bonds is 4. The highest BCUT2D eigenvalue weighted by molar-refractivity contribution is 4.53. The van der Waals surface area contributed by atoms with E-state index in [2.05, 4.69) is 26.0 Å². The lowest BCUT2D eigenvalue weighted by Crippen LogP contribution is -2.42. The molecule has 2 heteroatoms. The van der Waals surface area contributed by atoms with Gasteiger partial charge in [0, 0.05) is 25.8 Å². The second kappa shape index (κ2) is 4.24. The van der Waals surface area contributed by atoms with Gasteiger partial charge in [-0.1, -0.05) is 0 Å². The lowest BCUT2D eigenvalue weighted by molar-refractivity contribution is -0.897. The second-order valence-electron chi connectivity index (χ2n) is 4.65. The van der Waals surface area contributed by atoms with Gasteiger partial charge in [0.25, 0.3) is 0 Å². The van der Waals surface area contributed by atoms with Crippen LogP contribution in [0.4, 0.5) is 0 Å². The first kappa shape index (κ1) is 10.0. The van der Waals surface area contributed by atoms with Gasteiger partial charge in [0.1, 0.15) is 0 Å².